The van der Waals surface area contributed by atoms with Crippen LogP contribution in [0.2, 0.25) is 0 Å². The van der Waals surface area contributed by atoms with Crippen molar-refractivity contribution in [2.45, 2.75) is 26.7 Å². The van der Waals surface area contributed by atoms with Crippen molar-refractivity contribution >= 4 is 0 Å². The zero-order valence-electron chi connectivity index (χ0n) is 9.13. The predicted molar refractivity (Wildman–Crippen MR) is 58.7 cm³/mol. The number of rotatable bonds is 4. The lowest BCUT2D eigenvalue weighted by Gasteiger charge is -2.06. The Balaban J connectivity index is 2.64. The summed E-state index contributed by atoms with van der Waals surface area (Å²) in [5.74, 6) is -1.19. The quantitative estimate of drug-likeness (QED) is 0.656. The molecular formula is C13H16F2. The Hall–Kier alpha value is -1.18. The molecule has 0 heterocycles. The smallest absolute Gasteiger partial charge is 0.159 e. The van der Waals surface area contributed by atoms with Gasteiger partial charge in [-0.25, -0.2) is 8.78 Å². The second-order valence-corrected chi connectivity index (χ2v) is 3.77. The van der Waals surface area contributed by atoms with Gasteiger partial charge in [-0.2, -0.15) is 0 Å². The number of allylic oxidation sites excluding steroid dienone is 2. The topological polar surface area (TPSA) is 0 Å². The van der Waals surface area contributed by atoms with Crippen LogP contribution >= 0.6 is 0 Å². The third-order valence-corrected chi connectivity index (χ3v) is 2.24. The number of hydrogen-bond acceptors (Lipinski definition) is 0. The number of benzene rings is 1. The highest BCUT2D eigenvalue weighted by Gasteiger charge is 2.04. The van der Waals surface area contributed by atoms with Crippen molar-refractivity contribution in [3.63, 3.8) is 0 Å². The van der Waals surface area contributed by atoms with Gasteiger partial charge in [0.15, 0.2) is 11.6 Å². The molecule has 1 atom stereocenters. The molecule has 0 bridgehead atoms. The molecule has 0 aromatic heterocycles. The molecule has 1 rings (SSSR count). The highest BCUT2D eigenvalue weighted by Crippen LogP contribution is 2.13. The Morgan fingerprint density at radius 3 is 2.60 bits per heavy atom. The molecule has 0 aliphatic rings. The first-order valence-corrected chi connectivity index (χ1v) is 5.24. The molecule has 0 amide bonds. The Morgan fingerprint density at radius 1 is 1.27 bits per heavy atom. The minimum atomic E-state index is -0.782. The van der Waals surface area contributed by atoms with Gasteiger partial charge < -0.3 is 0 Å². The lowest BCUT2D eigenvalue weighted by molar-refractivity contribution is 0.506. The van der Waals surface area contributed by atoms with Crippen LogP contribution in [0.1, 0.15) is 25.8 Å². The zero-order chi connectivity index (χ0) is 11.3. The number of halogens is 2. The molecule has 0 saturated heterocycles. The molecule has 1 unspecified atom stereocenters. The van der Waals surface area contributed by atoms with Gasteiger partial charge >= 0.3 is 0 Å². The first-order valence-electron chi connectivity index (χ1n) is 5.24. The Kier molecular flexibility index (Phi) is 4.47. The standard InChI is InChI=1S/C13H16F2/c1-3-4-5-10(2)8-11-6-7-12(14)13(15)9-11/h4-7,9-10H,3,8H2,1-2H3/b5-4-. The summed E-state index contributed by atoms with van der Waals surface area (Å²) in [4.78, 5) is 0. The van der Waals surface area contributed by atoms with Crippen LogP contribution in [0.25, 0.3) is 0 Å². The third-order valence-electron chi connectivity index (χ3n) is 2.24. The summed E-state index contributed by atoms with van der Waals surface area (Å²) < 4.78 is 25.5. The summed E-state index contributed by atoms with van der Waals surface area (Å²) in [6, 6.07) is 4.08. The SMILES string of the molecule is CC/C=C\C(C)Cc1ccc(F)c(F)c1. The molecule has 0 saturated carbocycles. The van der Waals surface area contributed by atoms with Gasteiger partial charge in [0, 0.05) is 0 Å². The van der Waals surface area contributed by atoms with Gasteiger partial charge in [0.25, 0.3) is 0 Å². The summed E-state index contributed by atoms with van der Waals surface area (Å²) in [5, 5.41) is 0. The minimum Gasteiger partial charge on any atom is -0.204 e. The third kappa shape index (κ3) is 3.82. The monoisotopic (exact) mass is 210 g/mol. The van der Waals surface area contributed by atoms with E-state index in [1.54, 1.807) is 6.07 Å². The largest absolute Gasteiger partial charge is 0.204 e. The molecule has 0 radical (unpaired) electrons. The molecule has 0 aliphatic heterocycles. The Labute approximate surface area is 89.6 Å². The van der Waals surface area contributed by atoms with Gasteiger partial charge in [-0.1, -0.05) is 32.1 Å². The average molecular weight is 210 g/mol. The van der Waals surface area contributed by atoms with Crippen LogP contribution in [0.15, 0.2) is 30.4 Å². The summed E-state index contributed by atoms with van der Waals surface area (Å²) >= 11 is 0. The molecule has 0 fully saturated rings. The van der Waals surface area contributed by atoms with E-state index in [0.29, 0.717) is 5.92 Å². The molecule has 2 heteroatoms. The molecule has 82 valence electrons. The second-order valence-electron chi connectivity index (χ2n) is 3.77. The number of hydrogen-bond donors (Lipinski definition) is 0. The maximum Gasteiger partial charge on any atom is 0.159 e. The first-order chi connectivity index (χ1) is 7.13. The molecule has 0 N–H and O–H groups in total. The average Bonchev–Trinajstić information content (AvgIpc) is 2.20. The van der Waals surface area contributed by atoms with Crippen LogP contribution in [0.5, 0.6) is 0 Å². The van der Waals surface area contributed by atoms with Crippen molar-refractivity contribution in [2.24, 2.45) is 5.92 Å². The first kappa shape index (κ1) is 11.9. The normalized spacial score (nSPS) is 13.3. The van der Waals surface area contributed by atoms with Gasteiger partial charge in [0.1, 0.15) is 0 Å². The van der Waals surface area contributed by atoms with Crippen molar-refractivity contribution in [1.29, 1.82) is 0 Å². The van der Waals surface area contributed by atoms with Gasteiger partial charge in [0.05, 0.1) is 0 Å². The van der Waals surface area contributed by atoms with E-state index in [4.69, 9.17) is 0 Å². The van der Waals surface area contributed by atoms with E-state index < -0.39 is 11.6 Å². The summed E-state index contributed by atoms with van der Waals surface area (Å²) in [6.07, 6.45) is 5.93. The van der Waals surface area contributed by atoms with Crippen LogP contribution in [0.4, 0.5) is 8.78 Å². The molecule has 0 spiro atoms. The summed E-state index contributed by atoms with van der Waals surface area (Å²) in [7, 11) is 0. The molecule has 0 aliphatic carbocycles. The van der Waals surface area contributed by atoms with Gasteiger partial charge in [-0.3, -0.25) is 0 Å². The molecule has 1 aromatic carbocycles. The van der Waals surface area contributed by atoms with Crippen LogP contribution in [-0.4, -0.2) is 0 Å². The van der Waals surface area contributed by atoms with Crippen LogP contribution in [0, 0.1) is 17.6 Å². The minimum absolute atomic E-state index is 0.356. The van der Waals surface area contributed by atoms with E-state index in [0.717, 1.165) is 18.4 Å². The van der Waals surface area contributed by atoms with Crippen LogP contribution < -0.4 is 0 Å². The Morgan fingerprint density at radius 2 is 2.00 bits per heavy atom. The maximum atomic E-state index is 12.9. The fourth-order valence-corrected chi connectivity index (χ4v) is 1.47. The van der Waals surface area contributed by atoms with E-state index >= 15 is 0 Å². The van der Waals surface area contributed by atoms with E-state index in [-0.39, 0.29) is 0 Å². The van der Waals surface area contributed by atoms with Gasteiger partial charge in [-0.05, 0) is 36.5 Å². The van der Waals surface area contributed by atoms with E-state index in [9.17, 15) is 8.78 Å². The van der Waals surface area contributed by atoms with Gasteiger partial charge in [0.2, 0.25) is 0 Å². The lowest BCUT2D eigenvalue weighted by Crippen LogP contribution is -1.97. The zero-order valence-corrected chi connectivity index (χ0v) is 9.13. The van der Waals surface area contributed by atoms with Crippen LogP contribution in [-0.2, 0) is 6.42 Å². The molecule has 0 nitrogen and oxygen atoms in total. The highest BCUT2D eigenvalue weighted by atomic mass is 19.2. The van der Waals surface area contributed by atoms with E-state index in [1.165, 1.54) is 12.1 Å². The summed E-state index contributed by atoms with van der Waals surface area (Å²) in [5.41, 5.74) is 0.835. The van der Waals surface area contributed by atoms with E-state index in [1.807, 2.05) is 0 Å². The summed E-state index contributed by atoms with van der Waals surface area (Å²) in [6.45, 7) is 4.13. The Bertz CT molecular complexity index is 342. The van der Waals surface area contributed by atoms with Crippen molar-refractivity contribution in [2.75, 3.05) is 0 Å². The molecule has 1 aromatic rings. The molecule has 15 heavy (non-hydrogen) atoms. The fraction of sp³-hybridized carbons (Fsp3) is 0.385. The fourth-order valence-electron chi connectivity index (χ4n) is 1.47. The predicted octanol–water partition coefficient (Wildman–Crippen LogP) is 4.11. The highest BCUT2D eigenvalue weighted by molar-refractivity contribution is 5.18. The second kappa shape index (κ2) is 5.64. The van der Waals surface area contributed by atoms with Crippen molar-refractivity contribution in [3.8, 4) is 0 Å². The van der Waals surface area contributed by atoms with Gasteiger partial charge in [-0.15, -0.1) is 0 Å². The van der Waals surface area contributed by atoms with Crippen LogP contribution in [0.3, 0.4) is 0 Å². The van der Waals surface area contributed by atoms with Crippen molar-refractivity contribution < 1.29 is 8.78 Å². The molecular weight excluding hydrogens is 194 g/mol. The maximum absolute atomic E-state index is 12.9. The van der Waals surface area contributed by atoms with E-state index in [2.05, 4.69) is 26.0 Å². The lowest BCUT2D eigenvalue weighted by atomic mass is 10.0. The van der Waals surface area contributed by atoms with Crippen molar-refractivity contribution in [3.05, 3.63) is 47.5 Å². The van der Waals surface area contributed by atoms with Crippen molar-refractivity contribution in [1.82, 2.24) is 0 Å².